The number of anilines is 1. The van der Waals surface area contributed by atoms with E-state index in [1.54, 1.807) is 7.11 Å². The summed E-state index contributed by atoms with van der Waals surface area (Å²) in [5.41, 5.74) is 2.99. The van der Waals surface area contributed by atoms with Gasteiger partial charge < -0.3 is 14.8 Å². The highest BCUT2D eigenvalue weighted by Gasteiger charge is 2.06. The number of carbonyl (C=O) groups excluding carboxylic acids is 1. The molecule has 4 nitrogen and oxygen atoms in total. The molecule has 1 N–H and O–H groups in total. The number of carbonyl (C=O) groups is 1. The zero-order valence-corrected chi connectivity index (χ0v) is 14.8. The average Bonchev–Trinajstić information content (AvgIpc) is 2.54. The largest absolute Gasteiger partial charge is 0.496 e. The minimum atomic E-state index is 0.000925. The van der Waals surface area contributed by atoms with Crippen molar-refractivity contribution >= 4 is 11.6 Å². The standard InChI is InChI=1S/C20H25NO3/c1-14(2)24-18-9-7-17(8-10-18)21-20(22)12-6-16-5-11-19(23-4)15(3)13-16/h5,7-11,13-14H,6,12H2,1-4H3,(H,21,22). The van der Waals surface area contributed by atoms with Gasteiger partial charge in [0.2, 0.25) is 5.91 Å². The smallest absolute Gasteiger partial charge is 0.224 e. The summed E-state index contributed by atoms with van der Waals surface area (Å²) < 4.78 is 10.8. The summed E-state index contributed by atoms with van der Waals surface area (Å²) in [6.07, 6.45) is 1.28. The molecule has 0 aliphatic carbocycles. The molecule has 128 valence electrons. The second-order valence-corrected chi connectivity index (χ2v) is 6.04. The molecule has 0 bridgehead atoms. The zero-order valence-electron chi connectivity index (χ0n) is 14.8. The van der Waals surface area contributed by atoms with Gasteiger partial charge in [0, 0.05) is 12.1 Å². The normalized spacial score (nSPS) is 10.5. The molecule has 1 amide bonds. The van der Waals surface area contributed by atoms with Crippen molar-refractivity contribution in [2.45, 2.75) is 39.7 Å². The second kappa shape index (κ2) is 8.39. The van der Waals surface area contributed by atoms with Crippen LogP contribution in [-0.4, -0.2) is 19.1 Å². The van der Waals surface area contributed by atoms with Crippen LogP contribution in [0.1, 0.15) is 31.4 Å². The van der Waals surface area contributed by atoms with Gasteiger partial charge in [-0.3, -0.25) is 4.79 Å². The number of hydrogen-bond donors (Lipinski definition) is 1. The molecule has 0 atom stereocenters. The van der Waals surface area contributed by atoms with Crippen LogP contribution in [0.5, 0.6) is 11.5 Å². The quantitative estimate of drug-likeness (QED) is 0.822. The molecular formula is C20H25NO3. The lowest BCUT2D eigenvalue weighted by Crippen LogP contribution is -2.12. The summed E-state index contributed by atoms with van der Waals surface area (Å²) in [6, 6.07) is 13.4. The van der Waals surface area contributed by atoms with Gasteiger partial charge in [0.1, 0.15) is 11.5 Å². The number of amides is 1. The van der Waals surface area contributed by atoms with Gasteiger partial charge in [0.05, 0.1) is 13.2 Å². The molecule has 0 aliphatic rings. The predicted molar refractivity (Wildman–Crippen MR) is 96.9 cm³/mol. The Bertz CT molecular complexity index is 678. The third-order valence-corrected chi connectivity index (χ3v) is 3.61. The second-order valence-electron chi connectivity index (χ2n) is 6.04. The van der Waals surface area contributed by atoms with Gasteiger partial charge in [-0.2, -0.15) is 0 Å². The van der Waals surface area contributed by atoms with E-state index in [-0.39, 0.29) is 12.0 Å². The summed E-state index contributed by atoms with van der Waals surface area (Å²) >= 11 is 0. The van der Waals surface area contributed by atoms with Crippen molar-refractivity contribution in [1.29, 1.82) is 0 Å². The van der Waals surface area contributed by atoms with E-state index in [9.17, 15) is 4.79 Å². The molecular weight excluding hydrogens is 302 g/mol. The molecule has 0 heterocycles. The number of ether oxygens (including phenoxy) is 2. The average molecular weight is 327 g/mol. The first-order chi connectivity index (χ1) is 11.5. The topological polar surface area (TPSA) is 47.6 Å². The Labute approximate surface area is 143 Å². The molecule has 0 saturated carbocycles. The molecule has 2 aromatic carbocycles. The van der Waals surface area contributed by atoms with E-state index in [2.05, 4.69) is 11.4 Å². The van der Waals surface area contributed by atoms with Crippen LogP contribution in [0.15, 0.2) is 42.5 Å². The lowest BCUT2D eigenvalue weighted by Gasteiger charge is -2.11. The summed E-state index contributed by atoms with van der Waals surface area (Å²) in [5.74, 6) is 1.67. The number of methoxy groups -OCH3 is 1. The number of aryl methyl sites for hydroxylation is 2. The van der Waals surface area contributed by atoms with E-state index in [4.69, 9.17) is 9.47 Å². The van der Waals surface area contributed by atoms with E-state index in [0.29, 0.717) is 12.8 Å². The fourth-order valence-corrected chi connectivity index (χ4v) is 2.47. The minimum Gasteiger partial charge on any atom is -0.496 e. The van der Waals surface area contributed by atoms with E-state index in [1.807, 2.05) is 57.2 Å². The van der Waals surface area contributed by atoms with Crippen LogP contribution in [0.2, 0.25) is 0 Å². The lowest BCUT2D eigenvalue weighted by atomic mass is 10.1. The van der Waals surface area contributed by atoms with Crippen molar-refractivity contribution in [2.75, 3.05) is 12.4 Å². The van der Waals surface area contributed by atoms with E-state index in [1.165, 1.54) is 0 Å². The van der Waals surface area contributed by atoms with Gasteiger partial charge >= 0.3 is 0 Å². The van der Waals surface area contributed by atoms with Crippen molar-refractivity contribution in [3.05, 3.63) is 53.6 Å². The minimum absolute atomic E-state index is 0.000925. The first-order valence-corrected chi connectivity index (χ1v) is 8.18. The number of benzene rings is 2. The molecule has 0 fully saturated rings. The van der Waals surface area contributed by atoms with E-state index in [0.717, 1.165) is 28.3 Å². The molecule has 0 radical (unpaired) electrons. The fraction of sp³-hybridized carbons (Fsp3) is 0.350. The Morgan fingerprint density at radius 3 is 2.42 bits per heavy atom. The maximum Gasteiger partial charge on any atom is 0.224 e. The molecule has 0 aliphatic heterocycles. The van der Waals surface area contributed by atoms with Crippen LogP contribution in [-0.2, 0) is 11.2 Å². The zero-order chi connectivity index (χ0) is 17.5. The van der Waals surface area contributed by atoms with Crippen LogP contribution in [0.25, 0.3) is 0 Å². The highest BCUT2D eigenvalue weighted by atomic mass is 16.5. The van der Waals surface area contributed by atoms with Crippen molar-refractivity contribution < 1.29 is 14.3 Å². The molecule has 2 rings (SSSR count). The monoisotopic (exact) mass is 327 g/mol. The molecule has 0 spiro atoms. The van der Waals surface area contributed by atoms with Crippen LogP contribution in [0, 0.1) is 6.92 Å². The van der Waals surface area contributed by atoms with Gasteiger partial charge in [-0.15, -0.1) is 0 Å². The summed E-state index contributed by atoms with van der Waals surface area (Å²) in [4.78, 5) is 12.1. The van der Waals surface area contributed by atoms with Crippen molar-refractivity contribution in [3.8, 4) is 11.5 Å². The van der Waals surface area contributed by atoms with Gasteiger partial charge in [0.15, 0.2) is 0 Å². The number of rotatable bonds is 7. The first-order valence-electron chi connectivity index (χ1n) is 8.18. The maximum absolute atomic E-state index is 12.1. The Morgan fingerprint density at radius 2 is 1.83 bits per heavy atom. The van der Waals surface area contributed by atoms with Gasteiger partial charge in [-0.1, -0.05) is 12.1 Å². The van der Waals surface area contributed by atoms with Gasteiger partial charge in [-0.25, -0.2) is 0 Å². The van der Waals surface area contributed by atoms with Crippen molar-refractivity contribution in [3.63, 3.8) is 0 Å². The molecule has 0 saturated heterocycles. The van der Waals surface area contributed by atoms with Gasteiger partial charge in [-0.05, 0) is 68.7 Å². The Balaban J connectivity index is 1.85. The summed E-state index contributed by atoms with van der Waals surface area (Å²) in [5, 5.41) is 2.91. The van der Waals surface area contributed by atoms with Crippen LogP contribution in [0.4, 0.5) is 5.69 Å². The van der Waals surface area contributed by atoms with Crippen LogP contribution >= 0.6 is 0 Å². The molecule has 24 heavy (non-hydrogen) atoms. The third-order valence-electron chi connectivity index (χ3n) is 3.61. The summed E-state index contributed by atoms with van der Waals surface area (Å²) in [7, 11) is 1.66. The van der Waals surface area contributed by atoms with Gasteiger partial charge in [0.25, 0.3) is 0 Å². The predicted octanol–water partition coefficient (Wildman–Crippen LogP) is 4.36. The molecule has 2 aromatic rings. The fourth-order valence-electron chi connectivity index (χ4n) is 2.47. The Hall–Kier alpha value is -2.49. The number of hydrogen-bond acceptors (Lipinski definition) is 3. The van der Waals surface area contributed by atoms with E-state index < -0.39 is 0 Å². The highest BCUT2D eigenvalue weighted by molar-refractivity contribution is 5.90. The lowest BCUT2D eigenvalue weighted by molar-refractivity contribution is -0.116. The molecule has 4 heteroatoms. The molecule has 0 unspecified atom stereocenters. The Kier molecular flexibility index (Phi) is 6.24. The molecule has 0 aromatic heterocycles. The first kappa shape index (κ1) is 17.9. The van der Waals surface area contributed by atoms with Crippen molar-refractivity contribution in [1.82, 2.24) is 0 Å². The third kappa shape index (κ3) is 5.30. The highest BCUT2D eigenvalue weighted by Crippen LogP contribution is 2.20. The van der Waals surface area contributed by atoms with E-state index >= 15 is 0 Å². The Morgan fingerprint density at radius 1 is 1.12 bits per heavy atom. The maximum atomic E-state index is 12.1. The SMILES string of the molecule is COc1ccc(CCC(=O)Nc2ccc(OC(C)C)cc2)cc1C. The summed E-state index contributed by atoms with van der Waals surface area (Å²) in [6.45, 7) is 5.97. The van der Waals surface area contributed by atoms with Crippen molar-refractivity contribution in [2.24, 2.45) is 0 Å². The number of nitrogens with one attached hydrogen (secondary N) is 1. The van der Waals surface area contributed by atoms with Crippen LogP contribution in [0.3, 0.4) is 0 Å². The van der Waals surface area contributed by atoms with Crippen LogP contribution < -0.4 is 14.8 Å².